The normalized spacial score (nSPS) is 15.0. The van der Waals surface area contributed by atoms with Crippen molar-refractivity contribution in [1.29, 1.82) is 0 Å². The maximum absolute atomic E-state index is 13.6. The number of hydrogen-bond acceptors (Lipinski definition) is 4. The van der Waals surface area contributed by atoms with Crippen molar-refractivity contribution < 1.29 is 18.8 Å². The second kappa shape index (κ2) is 8.46. The summed E-state index contributed by atoms with van der Waals surface area (Å²) in [5.41, 5.74) is 1.44. The van der Waals surface area contributed by atoms with E-state index in [9.17, 15) is 14.4 Å². The second-order valence-electron chi connectivity index (χ2n) is 8.89. The minimum atomic E-state index is -1.11. The zero-order valence-electron chi connectivity index (χ0n) is 18.4. The Hall–Kier alpha value is -3.67. The van der Waals surface area contributed by atoms with Gasteiger partial charge >= 0.3 is 0 Å². The summed E-state index contributed by atoms with van der Waals surface area (Å²) in [6.07, 6.45) is 2.20. The molecular weight excluding hydrogens is 404 g/mol. The third-order valence-corrected chi connectivity index (χ3v) is 5.61. The second-order valence-corrected chi connectivity index (χ2v) is 8.89. The molecule has 0 radical (unpaired) electrons. The summed E-state index contributed by atoms with van der Waals surface area (Å²) in [7, 11) is 0. The van der Waals surface area contributed by atoms with Crippen molar-refractivity contribution >= 4 is 29.0 Å². The highest BCUT2D eigenvalue weighted by molar-refractivity contribution is 6.26. The fourth-order valence-corrected chi connectivity index (χ4v) is 3.83. The number of hydrazine groups is 1. The number of para-hydroxylation sites is 2. The van der Waals surface area contributed by atoms with Crippen LogP contribution in [-0.4, -0.2) is 17.6 Å². The van der Waals surface area contributed by atoms with Crippen molar-refractivity contribution in [3.8, 4) is 0 Å². The highest BCUT2D eigenvalue weighted by Gasteiger charge is 2.50. The Balaban J connectivity index is 1.71. The number of benzene rings is 2. The minimum absolute atomic E-state index is 0.116. The van der Waals surface area contributed by atoms with Crippen molar-refractivity contribution in [3.63, 3.8) is 0 Å². The number of rotatable bonds is 6. The minimum Gasteiger partial charge on any atom is -0.468 e. The number of Topliss-reactive ketones (excluding diaryl/α,β-unsaturated/α-hetero) is 1. The van der Waals surface area contributed by atoms with Gasteiger partial charge in [-0.15, -0.1) is 0 Å². The first-order valence-electron chi connectivity index (χ1n) is 10.7. The molecule has 0 bridgehead atoms. The molecule has 6 heteroatoms. The van der Waals surface area contributed by atoms with E-state index in [0.717, 1.165) is 0 Å². The zero-order valence-corrected chi connectivity index (χ0v) is 18.4. The van der Waals surface area contributed by atoms with Crippen molar-refractivity contribution in [3.05, 3.63) is 84.3 Å². The summed E-state index contributed by atoms with van der Waals surface area (Å²) in [5, 5.41) is 2.80. The fourth-order valence-electron chi connectivity index (χ4n) is 3.83. The summed E-state index contributed by atoms with van der Waals surface area (Å²) in [6, 6.07) is 19.9. The van der Waals surface area contributed by atoms with E-state index in [2.05, 4.69) is 0 Å². The molecule has 0 saturated carbocycles. The molecule has 1 aliphatic rings. The van der Waals surface area contributed by atoms with Gasteiger partial charge in [-0.3, -0.25) is 14.4 Å². The Morgan fingerprint density at radius 1 is 0.844 bits per heavy atom. The lowest BCUT2D eigenvalue weighted by Gasteiger charge is -2.27. The van der Waals surface area contributed by atoms with Crippen LogP contribution >= 0.6 is 0 Å². The van der Waals surface area contributed by atoms with Gasteiger partial charge in [0, 0.05) is 11.8 Å². The van der Waals surface area contributed by atoms with E-state index < -0.39 is 11.3 Å². The number of carbonyl (C=O) groups excluding carboxylic acids is 3. The third kappa shape index (κ3) is 3.96. The Bertz CT molecular complexity index is 1070. The molecule has 0 aliphatic carbocycles. The first-order chi connectivity index (χ1) is 15.3. The van der Waals surface area contributed by atoms with E-state index in [0.29, 0.717) is 35.5 Å². The maximum Gasteiger partial charge on any atom is 0.266 e. The van der Waals surface area contributed by atoms with Gasteiger partial charge in [-0.2, -0.15) is 0 Å². The molecule has 1 aliphatic heterocycles. The molecule has 2 aromatic carbocycles. The molecule has 32 heavy (non-hydrogen) atoms. The molecule has 6 nitrogen and oxygen atoms in total. The van der Waals surface area contributed by atoms with Crippen LogP contribution in [0.1, 0.15) is 44.4 Å². The van der Waals surface area contributed by atoms with Gasteiger partial charge in [-0.1, -0.05) is 57.2 Å². The van der Waals surface area contributed by atoms with Gasteiger partial charge in [0.1, 0.15) is 11.5 Å². The van der Waals surface area contributed by atoms with Crippen molar-refractivity contribution in [2.45, 2.75) is 39.5 Å². The van der Waals surface area contributed by atoms with Crippen LogP contribution < -0.4 is 10.0 Å². The van der Waals surface area contributed by atoms with E-state index >= 15 is 0 Å². The lowest BCUT2D eigenvalue weighted by atomic mass is 9.87. The number of aryl methyl sites for hydroxylation is 1. The van der Waals surface area contributed by atoms with Crippen LogP contribution in [0.4, 0.5) is 11.4 Å². The topological polar surface area (TPSA) is 70.8 Å². The molecule has 0 atom stereocenters. The van der Waals surface area contributed by atoms with Crippen LogP contribution in [0.15, 0.2) is 77.4 Å². The summed E-state index contributed by atoms with van der Waals surface area (Å²) in [5.74, 6) is -1.46. The number of carbonyl (C=O) groups is 3. The number of nitrogens with zero attached hydrogens (tertiary/aromatic N) is 2. The first kappa shape index (κ1) is 21.6. The van der Waals surface area contributed by atoms with Gasteiger partial charge in [0.25, 0.3) is 11.8 Å². The lowest BCUT2D eigenvalue weighted by Crippen LogP contribution is -2.41. The molecule has 2 amide bonds. The average molecular weight is 431 g/mol. The van der Waals surface area contributed by atoms with Crippen LogP contribution in [0.5, 0.6) is 0 Å². The molecule has 2 heterocycles. The monoisotopic (exact) mass is 430 g/mol. The number of amides is 2. The van der Waals surface area contributed by atoms with Crippen LogP contribution in [-0.2, 0) is 20.8 Å². The Labute approximate surface area is 187 Å². The van der Waals surface area contributed by atoms with Gasteiger partial charge in [-0.25, -0.2) is 10.0 Å². The quantitative estimate of drug-likeness (QED) is 0.521. The molecule has 3 aromatic rings. The average Bonchev–Trinajstić information content (AvgIpc) is 3.33. The van der Waals surface area contributed by atoms with E-state index in [1.807, 2.05) is 57.2 Å². The molecular formula is C26H26N2O4. The van der Waals surface area contributed by atoms with E-state index in [1.165, 1.54) is 16.3 Å². The Morgan fingerprint density at radius 2 is 1.34 bits per heavy atom. The van der Waals surface area contributed by atoms with Gasteiger partial charge in [0.15, 0.2) is 5.92 Å². The highest BCUT2D eigenvalue weighted by Crippen LogP contribution is 2.38. The van der Waals surface area contributed by atoms with E-state index in [4.69, 9.17) is 4.42 Å². The molecule has 164 valence electrons. The van der Waals surface area contributed by atoms with Crippen molar-refractivity contribution in [2.75, 3.05) is 10.0 Å². The summed E-state index contributed by atoms with van der Waals surface area (Å²) < 4.78 is 5.67. The number of ketones is 1. The molecule has 1 aromatic heterocycles. The predicted molar refractivity (Wildman–Crippen MR) is 122 cm³/mol. The van der Waals surface area contributed by atoms with Crippen molar-refractivity contribution in [1.82, 2.24) is 0 Å². The van der Waals surface area contributed by atoms with Crippen molar-refractivity contribution in [2.24, 2.45) is 5.41 Å². The first-order valence-corrected chi connectivity index (χ1v) is 10.7. The SMILES string of the molecule is CC(C)(C)C(=O)CCc1ccoc1C1C(=O)N(c2ccccc2)N(c2ccccc2)C1=O. The lowest BCUT2D eigenvalue weighted by molar-refractivity contribution is -0.126. The highest BCUT2D eigenvalue weighted by atomic mass is 16.3. The van der Waals surface area contributed by atoms with Gasteiger partial charge < -0.3 is 4.42 Å². The number of furan rings is 1. The summed E-state index contributed by atoms with van der Waals surface area (Å²) in [4.78, 5) is 39.6. The summed E-state index contributed by atoms with van der Waals surface area (Å²) >= 11 is 0. The van der Waals surface area contributed by atoms with Crippen LogP contribution in [0, 0.1) is 5.41 Å². The Kier molecular flexibility index (Phi) is 5.70. The van der Waals surface area contributed by atoms with E-state index in [-0.39, 0.29) is 17.6 Å². The van der Waals surface area contributed by atoms with Gasteiger partial charge in [-0.05, 0) is 42.3 Å². The predicted octanol–water partition coefficient (Wildman–Crippen LogP) is 4.91. The molecule has 4 rings (SSSR count). The standard InChI is InChI=1S/C26H26N2O4/c1-26(2,3)21(29)15-14-18-16-17-32-23(18)22-24(30)27(19-10-6-4-7-11-19)28(25(22)31)20-12-8-5-9-13-20/h4-13,16-17,22H,14-15H2,1-3H3. The largest absolute Gasteiger partial charge is 0.468 e. The molecule has 0 unspecified atom stereocenters. The van der Waals surface area contributed by atoms with Crippen LogP contribution in [0.2, 0.25) is 0 Å². The molecule has 1 fully saturated rings. The van der Waals surface area contributed by atoms with Crippen LogP contribution in [0.25, 0.3) is 0 Å². The molecule has 0 N–H and O–H groups in total. The fraction of sp³-hybridized carbons (Fsp3) is 0.269. The molecule has 1 saturated heterocycles. The maximum atomic E-state index is 13.6. The molecule has 0 spiro atoms. The van der Waals surface area contributed by atoms with Crippen LogP contribution in [0.3, 0.4) is 0 Å². The number of anilines is 2. The summed E-state index contributed by atoms with van der Waals surface area (Å²) in [6.45, 7) is 5.64. The smallest absolute Gasteiger partial charge is 0.266 e. The third-order valence-electron chi connectivity index (χ3n) is 5.61. The Morgan fingerprint density at radius 3 is 1.81 bits per heavy atom. The van der Waals surface area contributed by atoms with Gasteiger partial charge in [0.2, 0.25) is 0 Å². The number of hydrogen-bond donors (Lipinski definition) is 0. The zero-order chi connectivity index (χ0) is 22.9. The van der Waals surface area contributed by atoms with Gasteiger partial charge in [0.05, 0.1) is 17.6 Å². The van der Waals surface area contributed by atoms with E-state index in [1.54, 1.807) is 30.3 Å².